The third-order valence-corrected chi connectivity index (χ3v) is 3.87. The Bertz CT molecular complexity index is 525. The summed E-state index contributed by atoms with van der Waals surface area (Å²) in [4.78, 5) is 10.4. The van der Waals surface area contributed by atoms with E-state index in [2.05, 4.69) is 9.82 Å². The summed E-state index contributed by atoms with van der Waals surface area (Å²) in [7, 11) is -2.15. The SMILES string of the molecule is COCCC(C)NS(=O)(=O)c1cnn(CC(=O)O)c1. The maximum atomic E-state index is 12.0. The molecule has 0 aliphatic rings. The maximum Gasteiger partial charge on any atom is 0.325 e. The van der Waals surface area contributed by atoms with Crippen LogP contribution in [0.1, 0.15) is 13.3 Å². The van der Waals surface area contributed by atoms with Gasteiger partial charge in [0.05, 0.1) is 6.20 Å². The average Bonchev–Trinajstić information content (AvgIpc) is 2.74. The third kappa shape index (κ3) is 4.97. The first-order valence-corrected chi connectivity index (χ1v) is 7.09. The summed E-state index contributed by atoms with van der Waals surface area (Å²) in [5.74, 6) is -1.09. The van der Waals surface area contributed by atoms with Crippen molar-refractivity contribution in [1.29, 1.82) is 0 Å². The normalized spacial score (nSPS) is 13.4. The number of ether oxygens (including phenoxy) is 1. The highest BCUT2D eigenvalue weighted by molar-refractivity contribution is 7.89. The number of nitrogens with zero attached hydrogens (tertiary/aromatic N) is 2. The van der Waals surface area contributed by atoms with Gasteiger partial charge in [-0.1, -0.05) is 0 Å². The predicted molar refractivity (Wildman–Crippen MR) is 66.1 cm³/mol. The fraction of sp³-hybridized carbons (Fsp3) is 0.600. The van der Waals surface area contributed by atoms with Gasteiger partial charge in [0.25, 0.3) is 0 Å². The lowest BCUT2D eigenvalue weighted by atomic mass is 10.3. The Morgan fingerprint density at radius 3 is 2.89 bits per heavy atom. The van der Waals surface area contributed by atoms with Gasteiger partial charge < -0.3 is 9.84 Å². The molecule has 19 heavy (non-hydrogen) atoms. The van der Waals surface area contributed by atoms with Crippen molar-refractivity contribution < 1.29 is 23.1 Å². The van der Waals surface area contributed by atoms with Crippen molar-refractivity contribution in [2.45, 2.75) is 30.8 Å². The Labute approximate surface area is 111 Å². The molecule has 1 aromatic rings. The molecule has 9 heteroatoms. The number of carboxylic acids is 1. The van der Waals surface area contributed by atoms with E-state index in [9.17, 15) is 13.2 Å². The van der Waals surface area contributed by atoms with Gasteiger partial charge in [-0.2, -0.15) is 5.10 Å². The number of sulfonamides is 1. The molecule has 1 atom stereocenters. The van der Waals surface area contributed by atoms with Crippen molar-refractivity contribution in [3.05, 3.63) is 12.4 Å². The lowest BCUT2D eigenvalue weighted by molar-refractivity contribution is -0.137. The van der Waals surface area contributed by atoms with E-state index in [1.165, 1.54) is 13.3 Å². The van der Waals surface area contributed by atoms with Crippen molar-refractivity contribution in [3.8, 4) is 0 Å². The summed E-state index contributed by atoms with van der Waals surface area (Å²) >= 11 is 0. The fourth-order valence-corrected chi connectivity index (χ4v) is 2.62. The highest BCUT2D eigenvalue weighted by Gasteiger charge is 2.19. The van der Waals surface area contributed by atoms with Crippen molar-refractivity contribution in [2.24, 2.45) is 0 Å². The van der Waals surface area contributed by atoms with E-state index < -0.39 is 16.0 Å². The number of carbonyl (C=O) groups is 1. The zero-order valence-electron chi connectivity index (χ0n) is 10.7. The number of hydrogen-bond acceptors (Lipinski definition) is 5. The number of rotatable bonds is 8. The minimum Gasteiger partial charge on any atom is -0.480 e. The molecule has 2 N–H and O–H groups in total. The van der Waals surface area contributed by atoms with Crippen molar-refractivity contribution in [2.75, 3.05) is 13.7 Å². The Balaban J connectivity index is 2.71. The van der Waals surface area contributed by atoms with Crippen LogP contribution in [0.15, 0.2) is 17.3 Å². The summed E-state index contributed by atoms with van der Waals surface area (Å²) in [6.07, 6.45) is 2.84. The minimum atomic E-state index is -3.69. The first kappa shape index (κ1) is 15.6. The van der Waals surface area contributed by atoms with Gasteiger partial charge in [0.1, 0.15) is 11.4 Å². The van der Waals surface area contributed by atoms with Crippen LogP contribution in [0.5, 0.6) is 0 Å². The summed E-state index contributed by atoms with van der Waals surface area (Å²) in [5.41, 5.74) is 0. The van der Waals surface area contributed by atoms with E-state index in [0.717, 1.165) is 10.9 Å². The predicted octanol–water partition coefficient (Wildman–Crippen LogP) is -0.329. The summed E-state index contributed by atoms with van der Waals surface area (Å²) in [6.45, 7) is 1.79. The van der Waals surface area contributed by atoms with Crippen LogP contribution >= 0.6 is 0 Å². The molecule has 0 saturated heterocycles. The molecule has 0 aliphatic carbocycles. The van der Waals surface area contributed by atoms with Crippen LogP contribution in [-0.4, -0.2) is 49.0 Å². The Morgan fingerprint density at radius 2 is 2.32 bits per heavy atom. The number of methoxy groups -OCH3 is 1. The van der Waals surface area contributed by atoms with Gasteiger partial charge in [-0.05, 0) is 13.3 Å². The molecule has 1 aromatic heterocycles. The first-order valence-electron chi connectivity index (χ1n) is 5.60. The Morgan fingerprint density at radius 1 is 1.63 bits per heavy atom. The molecule has 0 amide bonds. The topological polar surface area (TPSA) is 111 Å². The number of aromatic nitrogens is 2. The Hall–Kier alpha value is -1.45. The number of aliphatic carboxylic acids is 1. The highest BCUT2D eigenvalue weighted by Crippen LogP contribution is 2.08. The van der Waals surface area contributed by atoms with Crippen LogP contribution in [0, 0.1) is 0 Å². The van der Waals surface area contributed by atoms with Crippen LogP contribution in [0.4, 0.5) is 0 Å². The molecule has 0 aromatic carbocycles. The van der Waals surface area contributed by atoms with E-state index in [-0.39, 0.29) is 17.5 Å². The van der Waals surface area contributed by atoms with Gasteiger partial charge in [0.2, 0.25) is 10.0 Å². The van der Waals surface area contributed by atoms with E-state index >= 15 is 0 Å². The van der Waals surface area contributed by atoms with Crippen molar-refractivity contribution >= 4 is 16.0 Å². The maximum absolute atomic E-state index is 12.0. The largest absolute Gasteiger partial charge is 0.480 e. The summed E-state index contributed by atoms with van der Waals surface area (Å²) < 4.78 is 32.3. The molecule has 0 fully saturated rings. The molecule has 0 spiro atoms. The van der Waals surface area contributed by atoms with Gasteiger partial charge in [0.15, 0.2) is 0 Å². The monoisotopic (exact) mass is 291 g/mol. The van der Waals surface area contributed by atoms with Crippen LogP contribution in [-0.2, 0) is 26.1 Å². The van der Waals surface area contributed by atoms with Gasteiger partial charge in [-0.25, -0.2) is 13.1 Å². The van der Waals surface area contributed by atoms with Gasteiger partial charge in [-0.3, -0.25) is 9.48 Å². The van der Waals surface area contributed by atoms with Gasteiger partial charge >= 0.3 is 5.97 Å². The molecule has 0 bridgehead atoms. The molecule has 8 nitrogen and oxygen atoms in total. The van der Waals surface area contributed by atoms with Crippen LogP contribution < -0.4 is 4.72 Å². The second kappa shape index (κ2) is 6.64. The number of hydrogen-bond donors (Lipinski definition) is 2. The first-order chi connectivity index (χ1) is 8.85. The molecule has 1 heterocycles. The number of carboxylic acid groups (broad SMARTS) is 1. The molecule has 108 valence electrons. The third-order valence-electron chi connectivity index (χ3n) is 2.33. The van der Waals surface area contributed by atoms with E-state index in [1.807, 2.05) is 0 Å². The van der Waals surface area contributed by atoms with Gasteiger partial charge in [-0.15, -0.1) is 0 Å². The standard InChI is InChI=1S/C10H17N3O5S/c1-8(3-4-18-2)12-19(16,17)9-5-11-13(6-9)7-10(14)15/h5-6,8,12H,3-4,7H2,1-2H3,(H,14,15). The molecule has 0 saturated carbocycles. The molecular formula is C10H17N3O5S. The minimum absolute atomic E-state index is 0.0574. The second-order valence-corrected chi connectivity index (χ2v) is 5.79. The van der Waals surface area contributed by atoms with Crippen LogP contribution in [0.25, 0.3) is 0 Å². The average molecular weight is 291 g/mol. The van der Waals surface area contributed by atoms with Crippen LogP contribution in [0.3, 0.4) is 0 Å². The molecular weight excluding hydrogens is 274 g/mol. The van der Waals surface area contributed by atoms with E-state index in [4.69, 9.17) is 9.84 Å². The van der Waals surface area contributed by atoms with Crippen molar-refractivity contribution in [3.63, 3.8) is 0 Å². The zero-order chi connectivity index (χ0) is 14.5. The summed E-state index contributed by atoms with van der Waals surface area (Å²) in [5, 5.41) is 12.3. The van der Waals surface area contributed by atoms with Crippen LogP contribution in [0.2, 0.25) is 0 Å². The quantitative estimate of drug-likeness (QED) is 0.678. The fourth-order valence-electron chi connectivity index (χ4n) is 1.39. The Kier molecular flexibility index (Phi) is 5.45. The number of nitrogens with one attached hydrogen (secondary N) is 1. The molecule has 0 radical (unpaired) electrons. The lowest BCUT2D eigenvalue weighted by Gasteiger charge is -2.12. The summed E-state index contributed by atoms with van der Waals surface area (Å²) in [6, 6.07) is -0.284. The van der Waals surface area contributed by atoms with Gasteiger partial charge in [0, 0.05) is 26.0 Å². The van der Waals surface area contributed by atoms with Crippen molar-refractivity contribution in [1.82, 2.24) is 14.5 Å². The lowest BCUT2D eigenvalue weighted by Crippen LogP contribution is -2.33. The smallest absolute Gasteiger partial charge is 0.325 e. The molecule has 1 rings (SSSR count). The highest BCUT2D eigenvalue weighted by atomic mass is 32.2. The molecule has 1 unspecified atom stereocenters. The van der Waals surface area contributed by atoms with E-state index in [0.29, 0.717) is 13.0 Å². The zero-order valence-corrected chi connectivity index (χ0v) is 11.6. The van der Waals surface area contributed by atoms with E-state index in [1.54, 1.807) is 6.92 Å². The second-order valence-electron chi connectivity index (χ2n) is 4.07. The molecule has 0 aliphatic heterocycles.